The first-order valence-corrected chi connectivity index (χ1v) is 10.6. The average Bonchev–Trinajstić information content (AvgIpc) is 2.72. The molecule has 0 unspecified atom stereocenters. The van der Waals surface area contributed by atoms with Crippen molar-refractivity contribution in [2.24, 2.45) is 0 Å². The number of hydrogen-bond donors (Lipinski definition) is 0. The van der Waals surface area contributed by atoms with Gasteiger partial charge in [0.15, 0.2) is 0 Å². The van der Waals surface area contributed by atoms with E-state index in [4.69, 9.17) is 11.3 Å². The Kier molecular flexibility index (Phi) is 10.1. The third kappa shape index (κ3) is 8.31. The van der Waals surface area contributed by atoms with Crippen LogP contribution in [0.15, 0.2) is 48.5 Å². The molecule has 0 atom stereocenters. The third-order valence-corrected chi connectivity index (χ3v) is 4.97. The lowest BCUT2D eigenvalue weighted by Gasteiger charge is -2.07. The number of nitrogens with zero attached hydrogens (tertiary/aromatic N) is 1. The summed E-state index contributed by atoms with van der Waals surface area (Å²) in [6, 6.07) is 16.2. The summed E-state index contributed by atoms with van der Waals surface area (Å²) >= 11 is 0. The first-order chi connectivity index (χ1) is 13.3. The molecule has 2 aromatic rings. The predicted molar refractivity (Wildman–Crippen MR) is 117 cm³/mol. The molecular formula is C25H34NO+. The van der Waals surface area contributed by atoms with Gasteiger partial charge < -0.3 is 4.74 Å². The Balaban J connectivity index is 1.57. The molecule has 0 aliphatic carbocycles. The molecule has 2 nitrogen and oxygen atoms in total. The van der Waals surface area contributed by atoms with Crippen LogP contribution in [0.5, 0.6) is 5.75 Å². The number of hydrogen-bond acceptors (Lipinski definition) is 1. The van der Waals surface area contributed by atoms with E-state index in [-0.39, 0.29) is 0 Å². The second-order valence-corrected chi connectivity index (χ2v) is 7.23. The third-order valence-electron chi connectivity index (χ3n) is 4.97. The van der Waals surface area contributed by atoms with Gasteiger partial charge in [0.25, 0.3) is 6.57 Å². The van der Waals surface area contributed by atoms with Gasteiger partial charge in [-0.2, -0.15) is 0 Å². The van der Waals surface area contributed by atoms with Gasteiger partial charge in [-0.1, -0.05) is 76.8 Å². The van der Waals surface area contributed by atoms with Crippen LogP contribution in [0.2, 0.25) is 0 Å². The quantitative estimate of drug-likeness (QED) is 0.326. The van der Waals surface area contributed by atoms with Gasteiger partial charge >= 0.3 is 5.69 Å². The van der Waals surface area contributed by atoms with Gasteiger partial charge in [0.1, 0.15) is 5.75 Å². The zero-order valence-electron chi connectivity index (χ0n) is 16.8. The molecule has 0 heterocycles. The van der Waals surface area contributed by atoms with E-state index in [1.165, 1.54) is 63.4 Å². The van der Waals surface area contributed by atoms with Crippen LogP contribution in [0.1, 0.15) is 71.1 Å². The van der Waals surface area contributed by atoms with Crippen LogP contribution in [0.3, 0.4) is 0 Å². The minimum absolute atomic E-state index is 0.787. The minimum Gasteiger partial charge on any atom is -0.494 e. The van der Waals surface area contributed by atoms with Crippen LogP contribution in [0.25, 0.3) is 16.0 Å². The van der Waals surface area contributed by atoms with E-state index in [2.05, 4.69) is 23.9 Å². The maximum Gasteiger partial charge on any atom is 0.339 e. The van der Waals surface area contributed by atoms with Crippen molar-refractivity contribution < 1.29 is 4.74 Å². The standard InChI is InChI=1S/C25H34NO/c1-3-4-5-6-7-8-9-10-11-12-21-27-25-19-15-23(16-20-25)22-13-17-24(26-2)18-14-22/h2,13-20H,3-12,21H2,1H3/q+1. The van der Waals surface area contributed by atoms with Crippen LogP contribution >= 0.6 is 0 Å². The molecule has 0 saturated heterocycles. The summed E-state index contributed by atoms with van der Waals surface area (Å²) in [5.41, 5.74) is 3.11. The second-order valence-electron chi connectivity index (χ2n) is 7.23. The molecule has 2 heteroatoms. The van der Waals surface area contributed by atoms with Crippen molar-refractivity contribution in [3.8, 4) is 23.4 Å². The lowest BCUT2D eigenvalue weighted by atomic mass is 10.1. The maximum atomic E-state index is 5.87. The maximum absolute atomic E-state index is 5.87. The fourth-order valence-electron chi connectivity index (χ4n) is 3.26. The summed E-state index contributed by atoms with van der Waals surface area (Å²) in [6.45, 7) is 8.36. The van der Waals surface area contributed by atoms with E-state index in [1.54, 1.807) is 0 Å². The van der Waals surface area contributed by atoms with Gasteiger partial charge in [0.2, 0.25) is 0 Å². The van der Waals surface area contributed by atoms with Gasteiger partial charge in [0, 0.05) is 12.1 Å². The van der Waals surface area contributed by atoms with E-state index < -0.39 is 0 Å². The lowest BCUT2D eigenvalue weighted by molar-refractivity contribution is 0.304. The van der Waals surface area contributed by atoms with Gasteiger partial charge in [0.05, 0.1) is 6.61 Å². The van der Waals surface area contributed by atoms with Gasteiger partial charge in [-0.3, -0.25) is 0 Å². The first-order valence-electron chi connectivity index (χ1n) is 10.6. The summed E-state index contributed by atoms with van der Waals surface area (Å²) in [4.78, 5) is 3.68. The van der Waals surface area contributed by atoms with Crippen molar-refractivity contribution in [1.29, 1.82) is 0 Å². The smallest absolute Gasteiger partial charge is 0.339 e. The normalized spacial score (nSPS) is 10.5. The molecule has 0 bridgehead atoms. The van der Waals surface area contributed by atoms with E-state index >= 15 is 0 Å². The highest BCUT2D eigenvalue weighted by molar-refractivity contribution is 5.66. The Labute approximate surface area is 165 Å². The van der Waals surface area contributed by atoms with Crippen molar-refractivity contribution >= 4 is 5.69 Å². The fraction of sp³-hybridized carbons (Fsp3) is 0.480. The molecule has 2 aromatic carbocycles. The summed E-state index contributed by atoms with van der Waals surface area (Å²) < 4.78 is 5.87. The molecule has 0 aromatic heterocycles. The SMILES string of the molecule is C#[N+]c1ccc(-c2ccc(OCCCCCCCCCCCC)cc2)cc1. The average molecular weight is 365 g/mol. The van der Waals surface area contributed by atoms with Crippen LogP contribution in [0, 0.1) is 6.57 Å². The van der Waals surface area contributed by atoms with Gasteiger partial charge in [-0.15, -0.1) is 0 Å². The number of rotatable bonds is 13. The zero-order valence-corrected chi connectivity index (χ0v) is 16.8. The van der Waals surface area contributed by atoms with Crippen molar-refractivity contribution in [2.75, 3.05) is 6.61 Å². The largest absolute Gasteiger partial charge is 0.494 e. The Bertz CT molecular complexity index is 667. The van der Waals surface area contributed by atoms with Crippen LogP contribution in [-0.4, -0.2) is 6.61 Å². The second kappa shape index (κ2) is 13.0. The van der Waals surface area contributed by atoms with Crippen LogP contribution in [0.4, 0.5) is 5.69 Å². The molecule has 144 valence electrons. The highest BCUT2D eigenvalue weighted by atomic mass is 16.5. The molecule has 0 saturated carbocycles. The molecule has 27 heavy (non-hydrogen) atoms. The minimum atomic E-state index is 0.787. The molecule has 0 aliphatic rings. The molecule has 0 amide bonds. The van der Waals surface area contributed by atoms with E-state index in [1.807, 2.05) is 36.4 Å². The summed E-state index contributed by atoms with van der Waals surface area (Å²) in [5.74, 6) is 0.947. The Morgan fingerprint density at radius 3 is 1.67 bits per heavy atom. The number of ether oxygens (including phenoxy) is 1. The van der Waals surface area contributed by atoms with Crippen molar-refractivity contribution in [3.05, 3.63) is 53.4 Å². The molecule has 0 fully saturated rings. The van der Waals surface area contributed by atoms with Crippen LogP contribution < -0.4 is 4.74 Å². The van der Waals surface area contributed by atoms with Gasteiger partial charge in [-0.05, 0) is 46.7 Å². The van der Waals surface area contributed by atoms with Gasteiger partial charge in [-0.25, -0.2) is 0 Å². The number of unbranched alkanes of at least 4 members (excludes halogenated alkanes) is 9. The topological polar surface area (TPSA) is 13.6 Å². The highest BCUT2D eigenvalue weighted by Gasteiger charge is 2.03. The molecule has 0 N–H and O–H groups in total. The summed E-state index contributed by atoms with van der Waals surface area (Å²) in [7, 11) is 0. The summed E-state index contributed by atoms with van der Waals surface area (Å²) in [6.07, 6.45) is 13.5. The Morgan fingerprint density at radius 1 is 0.667 bits per heavy atom. The number of benzene rings is 2. The van der Waals surface area contributed by atoms with Crippen molar-refractivity contribution in [3.63, 3.8) is 0 Å². The van der Waals surface area contributed by atoms with E-state index in [9.17, 15) is 0 Å². The molecule has 0 aliphatic heterocycles. The predicted octanol–water partition coefficient (Wildman–Crippen LogP) is 8.25. The van der Waals surface area contributed by atoms with Crippen molar-refractivity contribution in [2.45, 2.75) is 71.1 Å². The molecular weight excluding hydrogens is 330 g/mol. The molecule has 0 radical (unpaired) electrons. The highest BCUT2D eigenvalue weighted by Crippen LogP contribution is 2.25. The fourth-order valence-corrected chi connectivity index (χ4v) is 3.26. The molecule has 0 spiro atoms. The summed E-state index contributed by atoms with van der Waals surface area (Å²) in [5, 5.41) is 0. The Hall–Kier alpha value is -2.27. The Morgan fingerprint density at radius 2 is 1.15 bits per heavy atom. The molecule has 2 rings (SSSR count). The lowest BCUT2D eigenvalue weighted by Crippen LogP contribution is -1.97. The zero-order chi connectivity index (χ0) is 19.2. The monoisotopic (exact) mass is 364 g/mol. The van der Waals surface area contributed by atoms with E-state index in [0.717, 1.165) is 30.0 Å². The van der Waals surface area contributed by atoms with Crippen LogP contribution in [-0.2, 0) is 0 Å². The first kappa shape index (κ1) is 21.0. The van der Waals surface area contributed by atoms with Crippen molar-refractivity contribution in [1.82, 2.24) is 0 Å². The van der Waals surface area contributed by atoms with E-state index in [0.29, 0.717) is 0 Å².